The summed E-state index contributed by atoms with van der Waals surface area (Å²) in [5.41, 5.74) is 7.61. The molecule has 1 heterocycles. The Labute approximate surface area is 95.9 Å². The van der Waals surface area contributed by atoms with Gasteiger partial charge in [0.2, 0.25) is 0 Å². The Morgan fingerprint density at radius 2 is 2.25 bits per heavy atom. The molecule has 0 saturated heterocycles. The van der Waals surface area contributed by atoms with E-state index in [1.54, 1.807) is 0 Å². The van der Waals surface area contributed by atoms with Crippen molar-refractivity contribution in [1.29, 1.82) is 0 Å². The molecule has 0 spiro atoms. The number of hydrogen-bond acceptors (Lipinski definition) is 5. The van der Waals surface area contributed by atoms with Crippen LogP contribution in [0.25, 0.3) is 0 Å². The normalized spacial score (nSPS) is 25.5. The van der Waals surface area contributed by atoms with Crippen LogP contribution in [0.5, 0.6) is 0 Å². The van der Waals surface area contributed by atoms with Gasteiger partial charge in [0.15, 0.2) is 0 Å². The maximum atomic E-state index is 5.79. The zero-order valence-corrected chi connectivity index (χ0v) is 10.0. The van der Waals surface area contributed by atoms with E-state index in [2.05, 4.69) is 22.3 Å². The first-order valence-corrected chi connectivity index (χ1v) is 5.90. The quantitative estimate of drug-likeness (QED) is 0.824. The van der Waals surface area contributed by atoms with E-state index in [0.29, 0.717) is 12.0 Å². The topological polar surface area (TPSA) is 68.2 Å². The first-order valence-electron chi connectivity index (χ1n) is 5.90. The minimum atomic E-state index is 0.584. The first kappa shape index (κ1) is 11.5. The predicted molar refractivity (Wildman–Crippen MR) is 60.7 cm³/mol. The van der Waals surface area contributed by atoms with Crippen LogP contribution in [0.2, 0.25) is 0 Å². The molecule has 2 N–H and O–H groups in total. The SMILES string of the molecule is Cc1nonc1CN(C)C1CCCC1CN. The molecule has 1 aliphatic carbocycles. The average Bonchev–Trinajstić information content (AvgIpc) is 2.87. The molecule has 2 rings (SSSR count). The Morgan fingerprint density at radius 3 is 2.88 bits per heavy atom. The van der Waals surface area contributed by atoms with Crippen LogP contribution in [-0.4, -0.2) is 34.8 Å². The van der Waals surface area contributed by atoms with Crippen LogP contribution < -0.4 is 5.73 Å². The van der Waals surface area contributed by atoms with E-state index in [1.165, 1.54) is 19.3 Å². The van der Waals surface area contributed by atoms with Gasteiger partial charge in [0.05, 0.1) is 0 Å². The minimum Gasteiger partial charge on any atom is -0.330 e. The molecule has 1 fully saturated rings. The summed E-state index contributed by atoms with van der Waals surface area (Å²) in [6.45, 7) is 3.51. The first-order chi connectivity index (χ1) is 7.72. The van der Waals surface area contributed by atoms with Crippen LogP contribution >= 0.6 is 0 Å². The highest BCUT2D eigenvalue weighted by Gasteiger charge is 2.29. The standard InChI is InChI=1S/C11H20N4O/c1-8-10(14-16-13-8)7-15(2)11-5-3-4-9(11)6-12/h9,11H,3-7,12H2,1-2H3. The third kappa shape index (κ3) is 2.25. The average molecular weight is 224 g/mol. The molecule has 1 aliphatic rings. The van der Waals surface area contributed by atoms with E-state index in [9.17, 15) is 0 Å². The minimum absolute atomic E-state index is 0.584. The lowest BCUT2D eigenvalue weighted by Gasteiger charge is -2.28. The molecular weight excluding hydrogens is 204 g/mol. The van der Waals surface area contributed by atoms with Gasteiger partial charge in [0.25, 0.3) is 0 Å². The van der Waals surface area contributed by atoms with Gasteiger partial charge in [-0.15, -0.1) is 0 Å². The Kier molecular flexibility index (Phi) is 3.56. The van der Waals surface area contributed by atoms with Gasteiger partial charge < -0.3 is 5.73 Å². The van der Waals surface area contributed by atoms with Gasteiger partial charge in [0, 0.05) is 12.6 Å². The zero-order valence-electron chi connectivity index (χ0n) is 10.0. The summed E-state index contributed by atoms with van der Waals surface area (Å²) in [5, 5.41) is 7.72. The molecule has 5 nitrogen and oxygen atoms in total. The van der Waals surface area contributed by atoms with Crippen molar-refractivity contribution in [2.75, 3.05) is 13.6 Å². The number of aromatic nitrogens is 2. The van der Waals surface area contributed by atoms with Gasteiger partial charge in [-0.25, -0.2) is 4.63 Å². The number of nitrogens with zero attached hydrogens (tertiary/aromatic N) is 3. The summed E-state index contributed by atoms with van der Waals surface area (Å²) in [6, 6.07) is 0.584. The van der Waals surface area contributed by atoms with E-state index in [-0.39, 0.29) is 0 Å². The van der Waals surface area contributed by atoms with Crippen LogP contribution in [-0.2, 0) is 6.54 Å². The highest BCUT2D eigenvalue weighted by Crippen LogP contribution is 2.29. The van der Waals surface area contributed by atoms with Gasteiger partial charge in [0.1, 0.15) is 11.4 Å². The lowest BCUT2D eigenvalue weighted by molar-refractivity contribution is 0.187. The molecule has 16 heavy (non-hydrogen) atoms. The van der Waals surface area contributed by atoms with Gasteiger partial charge in [-0.3, -0.25) is 4.90 Å². The molecule has 2 unspecified atom stereocenters. The molecular formula is C11H20N4O. The molecule has 0 aromatic carbocycles. The second-order valence-corrected chi connectivity index (χ2v) is 4.71. The Balaban J connectivity index is 1.97. The third-order valence-electron chi connectivity index (χ3n) is 3.63. The summed E-state index contributed by atoms with van der Waals surface area (Å²) in [7, 11) is 2.13. The number of rotatable bonds is 4. The highest BCUT2D eigenvalue weighted by molar-refractivity contribution is 5.04. The molecule has 1 aromatic heterocycles. The lowest BCUT2D eigenvalue weighted by atomic mass is 10.0. The van der Waals surface area contributed by atoms with E-state index >= 15 is 0 Å². The van der Waals surface area contributed by atoms with Crippen LogP contribution in [0.4, 0.5) is 0 Å². The number of nitrogens with two attached hydrogens (primary N) is 1. The monoisotopic (exact) mass is 224 g/mol. The van der Waals surface area contributed by atoms with Crippen molar-refractivity contribution in [3.63, 3.8) is 0 Å². The molecule has 90 valence electrons. The van der Waals surface area contributed by atoms with Gasteiger partial charge in [-0.2, -0.15) is 0 Å². The second kappa shape index (κ2) is 4.93. The Hall–Kier alpha value is -0.940. The highest BCUT2D eigenvalue weighted by atomic mass is 16.6. The molecule has 0 bridgehead atoms. The molecule has 0 aliphatic heterocycles. The van der Waals surface area contributed by atoms with E-state index in [4.69, 9.17) is 10.4 Å². The van der Waals surface area contributed by atoms with Crippen molar-refractivity contribution in [3.05, 3.63) is 11.4 Å². The third-order valence-corrected chi connectivity index (χ3v) is 3.63. The van der Waals surface area contributed by atoms with Gasteiger partial charge in [-0.1, -0.05) is 16.7 Å². The summed E-state index contributed by atoms with van der Waals surface area (Å²) in [5.74, 6) is 0.630. The molecule has 2 atom stereocenters. The van der Waals surface area contributed by atoms with E-state index in [1.807, 2.05) is 6.92 Å². The maximum absolute atomic E-state index is 5.79. The van der Waals surface area contributed by atoms with Crippen LogP contribution in [0.3, 0.4) is 0 Å². The fourth-order valence-electron chi connectivity index (χ4n) is 2.62. The molecule has 5 heteroatoms. The Bertz CT molecular complexity index is 338. The van der Waals surface area contributed by atoms with Crippen molar-refractivity contribution in [1.82, 2.24) is 15.2 Å². The van der Waals surface area contributed by atoms with Gasteiger partial charge >= 0.3 is 0 Å². The molecule has 1 aromatic rings. The van der Waals surface area contributed by atoms with Crippen molar-refractivity contribution in [3.8, 4) is 0 Å². The summed E-state index contributed by atoms with van der Waals surface area (Å²) in [4.78, 5) is 2.33. The smallest absolute Gasteiger partial charge is 0.122 e. The molecule has 0 amide bonds. The molecule has 0 radical (unpaired) electrons. The predicted octanol–water partition coefficient (Wildman–Crippen LogP) is 0.937. The van der Waals surface area contributed by atoms with Crippen molar-refractivity contribution in [2.45, 2.75) is 38.8 Å². The Morgan fingerprint density at radius 1 is 1.44 bits per heavy atom. The summed E-state index contributed by atoms with van der Waals surface area (Å²) >= 11 is 0. The van der Waals surface area contributed by atoms with Crippen molar-refractivity contribution >= 4 is 0 Å². The van der Waals surface area contributed by atoms with E-state index in [0.717, 1.165) is 24.5 Å². The van der Waals surface area contributed by atoms with Crippen LogP contribution in [0.15, 0.2) is 4.63 Å². The van der Waals surface area contributed by atoms with Crippen LogP contribution in [0, 0.1) is 12.8 Å². The number of aryl methyl sites for hydroxylation is 1. The largest absolute Gasteiger partial charge is 0.330 e. The molecule has 1 saturated carbocycles. The zero-order chi connectivity index (χ0) is 11.5. The van der Waals surface area contributed by atoms with E-state index < -0.39 is 0 Å². The number of hydrogen-bond donors (Lipinski definition) is 1. The second-order valence-electron chi connectivity index (χ2n) is 4.71. The van der Waals surface area contributed by atoms with Gasteiger partial charge in [-0.05, 0) is 39.3 Å². The van der Waals surface area contributed by atoms with Crippen molar-refractivity contribution in [2.24, 2.45) is 11.7 Å². The maximum Gasteiger partial charge on any atom is 0.122 e. The summed E-state index contributed by atoms with van der Waals surface area (Å²) in [6.07, 6.45) is 3.77. The van der Waals surface area contributed by atoms with Crippen molar-refractivity contribution < 1.29 is 4.63 Å². The fourth-order valence-corrected chi connectivity index (χ4v) is 2.62. The van der Waals surface area contributed by atoms with Crippen LogP contribution in [0.1, 0.15) is 30.7 Å². The summed E-state index contributed by atoms with van der Waals surface area (Å²) < 4.78 is 4.71. The fraction of sp³-hybridized carbons (Fsp3) is 0.818. The lowest BCUT2D eigenvalue weighted by Crippen LogP contribution is -2.37.